The van der Waals surface area contributed by atoms with Gasteiger partial charge < -0.3 is 24.8 Å². The van der Waals surface area contributed by atoms with Crippen molar-refractivity contribution in [3.05, 3.63) is 0 Å². The maximum Gasteiger partial charge on any atom is 0.186 e. The van der Waals surface area contributed by atoms with Gasteiger partial charge in [-0.2, -0.15) is 0 Å². The molecule has 6 atom stereocenters. The van der Waals surface area contributed by atoms with Crippen LogP contribution in [0.3, 0.4) is 0 Å². The van der Waals surface area contributed by atoms with Crippen molar-refractivity contribution >= 4 is 0 Å². The van der Waals surface area contributed by atoms with Gasteiger partial charge in [-0.25, -0.2) is 0 Å². The van der Waals surface area contributed by atoms with E-state index in [9.17, 15) is 15.3 Å². The van der Waals surface area contributed by atoms with E-state index in [1.54, 1.807) is 6.92 Å². The molecule has 0 aromatic rings. The Bertz CT molecular complexity index is 233. The number of rotatable bonds is 4. The number of hydrogen-bond donors (Lipinski definition) is 3. The van der Waals surface area contributed by atoms with Gasteiger partial charge in [-0.1, -0.05) is 13.8 Å². The van der Waals surface area contributed by atoms with Gasteiger partial charge in [-0.3, -0.25) is 0 Å². The van der Waals surface area contributed by atoms with E-state index >= 15 is 0 Å². The van der Waals surface area contributed by atoms with Crippen LogP contribution in [0, 0.1) is 5.92 Å². The number of ether oxygens (including phenoxy) is 2. The predicted molar refractivity (Wildman–Crippen MR) is 62.4 cm³/mol. The minimum absolute atomic E-state index is 0.0655. The first kappa shape index (κ1) is 14.9. The monoisotopic (exact) mass is 248 g/mol. The molecule has 102 valence electrons. The Morgan fingerprint density at radius 3 is 2.18 bits per heavy atom. The molecule has 0 saturated carbocycles. The van der Waals surface area contributed by atoms with Crippen molar-refractivity contribution in [2.75, 3.05) is 0 Å². The summed E-state index contributed by atoms with van der Waals surface area (Å²) in [6, 6.07) is 0. The fourth-order valence-electron chi connectivity index (χ4n) is 2.07. The third-order valence-corrected chi connectivity index (χ3v) is 2.98. The smallest absolute Gasteiger partial charge is 0.186 e. The van der Waals surface area contributed by atoms with Crippen LogP contribution in [0.5, 0.6) is 0 Å². The summed E-state index contributed by atoms with van der Waals surface area (Å²) in [4.78, 5) is 0. The summed E-state index contributed by atoms with van der Waals surface area (Å²) in [6.45, 7) is 7.71. The molecule has 5 nitrogen and oxygen atoms in total. The molecule has 1 saturated heterocycles. The van der Waals surface area contributed by atoms with E-state index in [0.717, 1.165) is 6.42 Å². The maximum absolute atomic E-state index is 9.75. The second kappa shape index (κ2) is 6.11. The molecule has 1 aliphatic rings. The highest BCUT2D eigenvalue weighted by Gasteiger charge is 2.42. The van der Waals surface area contributed by atoms with Crippen molar-refractivity contribution in [1.82, 2.24) is 0 Å². The van der Waals surface area contributed by atoms with Gasteiger partial charge in [-0.15, -0.1) is 0 Å². The third-order valence-electron chi connectivity index (χ3n) is 2.98. The van der Waals surface area contributed by atoms with Gasteiger partial charge in [-0.05, 0) is 26.2 Å². The van der Waals surface area contributed by atoms with Gasteiger partial charge in [0.05, 0.1) is 12.2 Å². The van der Waals surface area contributed by atoms with Gasteiger partial charge in [0.2, 0.25) is 0 Å². The number of aliphatic hydroxyl groups is 3. The molecule has 0 unspecified atom stereocenters. The lowest BCUT2D eigenvalue weighted by Gasteiger charge is -2.40. The molecule has 0 aliphatic carbocycles. The lowest BCUT2D eigenvalue weighted by Crippen LogP contribution is -2.57. The second-order valence-electron chi connectivity index (χ2n) is 5.26. The molecule has 0 bridgehead atoms. The van der Waals surface area contributed by atoms with E-state index in [0.29, 0.717) is 5.92 Å². The van der Waals surface area contributed by atoms with Crippen LogP contribution in [0.4, 0.5) is 0 Å². The quantitative estimate of drug-likeness (QED) is 0.665. The lowest BCUT2D eigenvalue weighted by atomic mass is 10.00. The van der Waals surface area contributed by atoms with E-state index in [4.69, 9.17) is 9.47 Å². The van der Waals surface area contributed by atoms with Crippen LogP contribution in [0.1, 0.15) is 34.1 Å². The van der Waals surface area contributed by atoms with Gasteiger partial charge in [0.1, 0.15) is 18.3 Å². The summed E-state index contributed by atoms with van der Waals surface area (Å²) in [5.41, 5.74) is 0. The van der Waals surface area contributed by atoms with Crippen LogP contribution in [-0.4, -0.2) is 52.1 Å². The van der Waals surface area contributed by atoms with Crippen LogP contribution >= 0.6 is 0 Å². The molecule has 1 fully saturated rings. The van der Waals surface area contributed by atoms with Crippen molar-refractivity contribution in [1.29, 1.82) is 0 Å². The fraction of sp³-hybridized carbons (Fsp3) is 1.00. The Morgan fingerprint density at radius 1 is 1.06 bits per heavy atom. The summed E-state index contributed by atoms with van der Waals surface area (Å²) in [6.07, 6.45) is -4.17. The summed E-state index contributed by atoms with van der Waals surface area (Å²) >= 11 is 0. The Hall–Kier alpha value is -0.200. The van der Waals surface area contributed by atoms with E-state index < -0.39 is 30.7 Å². The van der Waals surface area contributed by atoms with Crippen LogP contribution < -0.4 is 0 Å². The van der Waals surface area contributed by atoms with Crippen molar-refractivity contribution in [2.24, 2.45) is 5.92 Å². The number of hydrogen-bond acceptors (Lipinski definition) is 5. The molecule has 0 aromatic carbocycles. The van der Waals surface area contributed by atoms with Crippen LogP contribution in [-0.2, 0) is 9.47 Å². The van der Waals surface area contributed by atoms with E-state index in [1.807, 2.05) is 6.92 Å². The molecule has 3 N–H and O–H groups in total. The molecule has 1 heterocycles. The molecule has 17 heavy (non-hydrogen) atoms. The predicted octanol–water partition coefficient (Wildman–Crippen LogP) is 0.265. The summed E-state index contributed by atoms with van der Waals surface area (Å²) in [5, 5.41) is 28.9. The van der Waals surface area contributed by atoms with Crippen molar-refractivity contribution in [3.8, 4) is 0 Å². The minimum atomic E-state index is -1.23. The maximum atomic E-state index is 9.75. The lowest BCUT2D eigenvalue weighted by molar-refractivity contribution is -0.303. The van der Waals surface area contributed by atoms with E-state index in [-0.39, 0.29) is 6.10 Å². The summed E-state index contributed by atoms with van der Waals surface area (Å²) < 4.78 is 10.9. The average molecular weight is 248 g/mol. The van der Waals surface area contributed by atoms with E-state index in [1.165, 1.54) is 0 Å². The average Bonchev–Trinajstić information content (AvgIpc) is 2.21. The minimum Gasteiger partial charge on any atom is -0.388 e. The first-order valence-electron chi connectivity index (χ1n) is 6.18. The molecule has 0 aromatic heterocycles. The highest BCUT2D eigenvalue weighted by atomic mass is 16.7. The Labute approximate surface area is 102 Å². The van der Waals surface area contributed by atoms with Gasteiger partial charge in [0, 0.05) is 0 Å². The molecule has 1 aliphatic heterocycles. The SMILES string of the molecule is CC(C)C[C@@H](C)O[C@@H]1O[C@@H](C)[C@H](O)[C@@H](O)[C@H]1O. The standard InChI is InChI=1S/C12H24O5/c1-6(2)5-7(3)16-12-11(15)10(14)9(13)8(4)17-12/h6-15H,5H2,1-4H3/t7-,8+,9+,10-,11-,12-/m1/s1. The van der Waals surface area contributed by atoms with Crippen molar-refractivity contribution in [2.45, 2.75) is 70.9 Å². The number of aliphatic hydroxyl groups excluding tert-OH is 3. The molecular weight excluding hydrogens is 224 g/mol. The first-order valence-corrected chi connectivity index (χ1v) is 6.18. The topological polar surface area (TPSA) is 79.2 Å². The van der Waals surface area contributed by atoms with Gasteiger partial charge >= 0.3 is 0 Å². The molecular formula is C12H24O5. The molecule has 0 spiro atoms. The van der Waals surface area contributed by atoms with Crippen molar-refractivity contribution < 1.29 is 24.8 Å². The molecule has 5 heteroatoms. The third kappa shape index (κ3) is 3.89. The van der Waals surface area contributed by atoms with Gasteiger partial charge in [0.25, 0.3) is 0 Å². The van der Waals surface area contributed by atoms with Crippen LogP contribution in [0.15, 0.2) is 0 Å². The zero-order valence-electron chi connectivity index (χ0n) is 10.9. The Kier molecular flexibility index (Phi) is 5.34. The Morgan fingerprint density at radius 2 is 1.65 bits per heavy atom. The van der Waals surface area contributed by atoms with Crippen LogP contribution in [0.25, 0.3) is 0 Å². The second-order valence-corrected chi connectivity index (χ2v) is 5.26. The van der Waals surface area contributed by atoms with Crippen molar-refractivity contribution in [3.63, 3.8) is 0 Å². The zero-order valence-corrected chi connectivity index (χ0v) is 10.9. The van der Waals surface area contributed by atoms with Crippen LogP contribution in [0.2, 0.25) is 0 Å². The fourth-order valence-corrected chi connectivity index (χ4v) is 2.07. The molecule has 1 rings (SSSR count). The summed E-state index contributed by atoms with van der Waals surface area (Å²) in [5.74, 6) is 0.485. The largest absolute Gasteiger partial charge is 0.388 e. The van der Waals surface area contributed by atoms with Gasteiger partial charge in [0.15, 0.2) is 6.29 Å². The molecule has 0 radical (unpaired) electrons. The molecule has 0 amide bonds. The normalized spacial score (nSPS) is 40.6. The first-order chi connectivity index (χ1) is 7.82. The highest BCUT2D eigenvalue weighted by Crippen LogP contribution is 2.23. The Balaban J connectivity index is 2.53. The highest BCUT2D eigenvalue weighted by molar-refractivity contribution is 4.87. The summed E-state index contributed by atoms with van der Waals surface area (Å²) in [7, 11) is 0. The van der Waals surface area contributed by atoms with E-state index in [2.05, 4.69) is 13.8 Å². The zero-order chi connectivity index (χ0) is 13.2.